The molecule has 1 amide bonds. The molecule has 0 rings (SSSR count). The van der Waals surface area contributed by atoms with E-state index in [1.807, 2.05) is 7.05 Å². The van der Waals surface area contributed by atoms with Gasteiger partial charge in [-0.25, -0.2) is 4.79 Å². The molecule has 4 nitrogen and oxygen atoms in total. The molecule has 0 radical (unpaired) electrons. The number of carbonyl (C=O) groups is 1. The third-order valence-electron chi connectivity index (χ3n) is 1.74. The number of likely N-dealkylation sites (N-methyl/N-ethyl adjacent to an activating group) is 1. The molecule has 0 saturated carbocycles. The Morgan fingerprint density at radius 1 is 1.50 bits per heavy atom. The van der Waals surface area contributed by atoms with Crippen LogP contribution in [0.1, 0.15) is 19.8 Å². The van der Waals surface area contributed by atoms with Gasteiger partial charge in [-0.1, -0.05) is 13.3 Å². The predicted molar refractivity (Wildman–Crippen MR) is 60.1 cm³/mol. The molecule has 0 bridgehead atoms. The fourth-order valence-corrected chi connectivity index (χ4v) is 0.837. The standard InChI is InChI=1S/C9H20N2O2.ClH/c1-4-5-7-11(3)9(12)13-8-6-10-2;/h10H,4-8H2,1-3H3;1H. The third-order valence-corrected chi connectivity index (χ3v) is 1.74. The summed E-state index contributed by atoms with van der Waals surface area (Å²) in [6, 6.07) is 0. The molecular weight excluding hydrogens is 204 g/mol. The van der Waals surface area contributed by atoms with Crippen LogP contribution >= 0.6 is 12.4 Å². The van der Waals surface area contributed by atoms with Crippen molar-refractivity contribution >= 4 is 18.5 Å². The van der Waals surface area contributed by atoms with Gasteiger partial charge >= 0.3 is 6.09 Å². The number of nitrogens with one attached hydrogen (secondary N) is 1. The van der Waals surface area contributed by atoms with Gasteiger partial charge in [0.25, 0.3) is 0 Å². The summed E-state index contributed by atoms with van der Waals surface area (Å²) in [4.78, 5) is 12.8. The molecule has 0 heterocycles. The minimum atomic E-state index is -0.233. The Morgan fingerprint density at radius 2 is 2.14 bits per heavy atom. The van der Waals surface area contributed by atoms with Crippen molar-refractivity contribution in [1.29, 1.82) is 0 Å². The third kappa shape index (κ3) is 8.13. The summed E-state index contributed by atoms with van der Waals surface area (Å²) in [5.74, 6) is 0. The van der Waals surface area contributed by atoms with Crippen LogP contribution in [0.15, 0.2) is 0 Å². The zero-order chi connectivity index (χ0) is 10.1. The Morgan fingerprint density at radius 3 is 2.64 bits per heavy atom. The van der Waals surface area contributed by atoms with Crippen LogP contribution in [0.4, 0.5) is 4.79 Å². The largest absolute Gasteiger partial charge is 0.448 e. The molecule has 0 aromatic carbocycles. The minimum absolute atomic E-state index is 0. The highest BCUT2D eigenvalue weighted by atomic mass is 35.5. The molecule has 0 saturated heterocycles. The molecule has 1 N–H and O–H groups in total. The Bertz CT molecular complexity index is 145. The average Bonchev–Trinajstić information content (AvgIpc) is 2.14. The molecule has 0 aromatic rings. The molecule has 0 aromatic heterocycles. The second kappa shape index (κ2) is 10.6. The van der Waals surface area contributed by atoms with Crippen molar-refractivity contribution in [3.8, 4) is 0 Å². The van der Waals surface area contributed by atoms with Gasteiger partial charge in [0.1, 0.15) is 6.61 Å². The Hall–Kier alpha value is -0.480. The molecule has 86 valence electrons. The summed E-state index contributed by atoms with van der Waals surface area (Å²) in [7, 11) is 3.59. The smallest absolute Gasteiger partial charge is 0.409 e. The van der Waals surface area contributed by atoms with Gasteiger partial charge in [-0.2, -0.15) is 0 Å². The first-order valence-electron chi connectivity index (χ1n) is 4.74. The highest BCUT2D eigenvalue weighted by Crippen LogP contribution is 1.94. The number of amides is 1. The van der Waals surface area contributed by atoms with E-state index >= 15 is 0 Å². The van der Waals surface area contributed by atoms with E-state index in [1.165, 1.54) is 0 Å². The van der Waals surface area contributed by atoms with Crippen molar-refractivity contribution in [1.82, 2.24) is 10.2 Å². The highest BCUT2D eigenvalue weighted by Gasteiger charge is 2.07. The second-order valence-electron chi connectivity index (χ2n) is 2.99. The molecule has 5 heteroatoms. The van der Waals surface area contributed by atoms with E-state index in [-0.39, 0.29) is 18.5 Å². The van der Waals surface area contributed by atoms with E-state index < -0.39 is 0 Å². The number of carbonyl (C=O) groups excluding carboxylic acids is 1. The molecule has 0 aliphatic heterocycles. The van der Waals surface area contributed by atoms with E-state index in [0.29, 0.717) is 13.2 Å². The van der Waals surface area contributed by atoms with Gasteiger partial charge in [0.2, 0.25) is 0 Å². The maximum atomic E-state index is 11.2. The van der Waals surface area contributed by atoms with Crippen molar-refractivity contribution in [2.24, 2.45) is 0 Å². The van der Waals surface area contributed by atoms with Crippen LogP contribution in [0.25, 0.3) is 0 Å². The maximum absolute atomic E-state index is 11.2. The van der Waals surface area contributed by atoms with E-state index in [4.69, 9.17) is 4.74 Å². The summed E-state index contributed by atoms with van der Waals surface area (Å²) < 4.78 is 4.97. The first kappa shape index (κ1) is 16.0. The van der Waals surface area contributed by atoms with Gasteiger partial charge in [0, 0.05) is 20.1 Å². The topological polar surface area (TPSA) is 41.6 Å². The van der Waals surface area contributed by atoms with E-state index in [1.54, 1.807) is 11.9 Å². The van der Waals surface area contributed by atoms with E-state index in [2.05, 4.69) is 12.2 Å². The number of nitrogens with zero attached hydrogens (tertiary/aromatic N) is 1. The van der Waals surface area contributed by atoms with Crippen LogP contribution in [-0.4, -0.2) is 44.8 Å². The number of ether oxygens (including phenoxy) is 1. The summed E-state index contributed by atoms with van der Waals surface area (Å²) >= 11 is 0. The van der Waals surface area contributed by atoms with Crippen LogP contribution < -0.4 is 5.32 Å². The van der Waals surface area contributed by atoms with Crippen LogP contribution in [-0.2, 0) is 4.74 Å². The van der Waals surface area contributed by atoms with Gasteiger partial charge < -0.3 is 15.0 Å². The lowest BCUT2D eigenvalue weighted by Gasteiger charge is -2.16. The van der Waals surface area contributed by atoms with Crippen molar-refractivity contribution < 1.29 is 9.53 Å². The quantitative estimate of drug-likeness (QED) is 0.696. The molecule has 0 spiro atoms. The molecule has 0 aliphatic carbocycles. The summed E-state index contributed by atoms with van der Waals surface area (Å²) in [5, 5.41) is 2.91. The monoisotopic (exact) mass is 224 g/mol. The van der Waals surface area contributed by atoms with Gasteiger partial charge in [0.15, 0.2) is 0 Å². The zero-order valence-electron chi connectivity index (χ0n) is 9.21. The highest BCUT2D eigenvalue weighted by molar-refractivity contribution is 5.85. The summed E-state index contributed by atoms with van der Waals surface area (Å²) in [6.45, 7) is 4.01. The SMILES string of the molecule is CCCCN(C)C(=O)OCCNC.Cl. The van der Waals surface area contributed by atoms with Crippen molar-refractivity contribution in [2.75, 3.05) is 33.8 Å². The molecule has 14 heavy (non-hydrogen) atoms. The first-order valence-corrected chi connectivity index (χ1v) is 4.74. The average molecular weight is 225 g/mol. The fourth-order valence-electron chi connectivity index (χ4n) is 0.837. The zero-order valence-corrected chi connectivity index (χ0v) is 10.0. The van der Waals surface area contributed by atoms with Crippen molar-refractivity contribution in [3.63, 3.8) is 0 Å². The second-order valence-corrected chi connectivity index (χ2v) is 2.99. The van der Waals surface area contributed by atoms with Crippen LogP contribution in [0.2, 0.25) is 0 Å². The maximum Gasteiger partial charge on any atom is 0.409 e. The van der Waals surface area contributed by atoms with Crippen molar-refractivity contribution in [2.45, 2.75) is 19.8 Å². The molecule has 0 fully saturated rings. The lowest BCUT2D eigenvalue weighted by Crippen LogP contribution is -2.30. The van der Waals surface area contributed by atoms with E-state index in [0.717, 1.165) is 19.4 Å². The number of hydrogen-bond acceptors (Lipinski definition) is 3. The first-order chi connectivity index (χ1) is 6.22. The van der Waals surface area contributed by atoms with Crippen molar-refractivity contribution in [3.05, 3.63) is 0 Å². The van der Waals surface area contributed by atoms with Gasteiger partial charge in [-0.15, -0.1) is 12.4 Å². The molecule has 0 atom stereocenters. The predicted octanol–water partition coefficient (Wildman–Crippen LogP) is 1.50. The van der Waals surface area contributed by atoms with Crippen LogP contribution in [0.5, 0.6) is 0 Å². The molecule has 0 unspecified atom stereocenters. The lowest BCUT2D eigenvalue weighted by atomic mass is 10.3. The minimum Gasteiger partial charge on any atom is -0.448 e. The van der Waals surface area contributed by atoms with Gasteiger partial charge in [-0.3, -0.25) is 0 Å². The van der Waals surface area contributed by atoms with Crippen LogP contribution in [0, 0.1) is 0 Å². The van der Waals surface area contributed by atoms with Crippen LogP contribution in [0.3, 0.4) is 0 Å². The van der Waals surface area contributed by atoms with E-state index in [9.17, 15) is 4.79 Å². The molecule has 0 aliphatic rings. The normalized spacial score (nSPS) is 9.07. The van der Waals surface area contributed by atoms with Gasteiger partial charge in [0.05, 0.1) is 0 Å². The molecular formula is C9H21ClN2O2. The number of hydrogen-bond donors (Lipinski definition) is 1. The Balaban J connectivity index is 0. The number of rotatable bonds is 6. The Kier molecular flexibility index (Phi) is 12.1. The number of unbranched alkanes of at least 4 members (excludes halogenated alkanes) is 1. The summed E-state index contributed by atoms with van der Waals surface area (Å²) in [6.07, 6.45) is 1.88. The fraction of sp³-hybridized carbons (Fsp3) is 0.889. The Labute approximate surface area is 92.4 Å². The summed E-state index contributed by atoms with van der Waals surface area (Å²) in [5.41, 5.74) is 0. The number of halogens is 1. The van der Waals surface area contributed by atoms with Gasteiger partial charge in [-0.05, 0) is 13.5 Å². The lowest BCUT2D eigenvalue weighted by molar-refractivity contribution is 0.112.